The molecular weight excluding hydrogens is 150 g/mol. The second kappa shape index (κ2) is 2.73. The van der Waals surface area contributed by atoms with Crippen LogP contribution in [-0.2, 0) is 0 Å². The van der Waals surface area contributed by atoms with E-state index in [1.807, 2.05) is 7.05 Å². The van der Waals surface area contributed by atoms with Crippen LogP contribution in [-0.4, -0.2) is 17.0 Å². The lowest BCUT2D eigenvalue weighted by molar-refractivity contribution is 0.960. The van der Waals surface area contributed by atoms with E-state index in [0.717, 1.165) is 5.82 Å². The second-order valence-electron chi connectivity index (χ2n) is 3.26. The molecule has 1 aliphatic carbocycles. The standard InChI is InChI=1S/C9H13N3/c1-6-8(7-3-4-7)11-5-12-9(6)10-2/h5,7H,3-4H2,1-2H3,(H,10,11,12). The Hall–Kier alpha value is -1.12. The van der Waals surface area contributed by atoms with Crippen molar-refractivity contribution in [3.05, 3.63) is 17.6 Å². The molecule has 3 heteroatoms. The van der Waals surface area contributed by atoms with E-state index in [1.165, 1.54) is 24.1 Å². The van der Waals surface area contributed by atoms with Gasteiger partial charge in [-0.3, -0.25) is 0 Å². The lowest BCUT2D eigenvalue weighted by Gasteiger charge is -2.06. The molecule has 0 aliphatic heterocycles. The Balaban J connectivity index is 2.40. The predicted octanol–water partition coefficient (Wildman–Crippen LogP) is 1.70. The highest BCUT2D eigenvalue weighted by Crippen LogP contribution is 2.41. The molecule has 1 aromatic heterocycles. The number of anilines is 1. The van der Waals surface area contributed by atoms with Crippen LogP contribution in [0.25, 0.3) is 0 Å². The van der Waals surface area contributed by atoms with E-state index in [2.05, 4.69) is 22.2 Å². The van der Waals surface area contributed by atoms with Gasteiger partial charge < -0.3 is 5.32 Å². The van der Waals surface area contributed by atoms with Gasteiger partial charge in [0.25, 0.3) is 0 Å². The van der Waals surface area contributed by atoms with Crippen molar-refractivity contribution in [1.29, 1.82) is 0 Å². The molecule has 0 amide bonds. The molecule has 0 atom stereocenters. The molecule has 64 valence electrons. The quantitative estimate of drug-likeness (QED) is 0.721. The number of nitrogens with one attached hydrogen (secondary N) is 1. The summed E-state index contributed by atoms with van der Waals surface area (Å²) in [5.41, 5.74) is 2.44. The first kappa shape index (κ1) is 7.53. The first-order valence-electron chi connectivity index (χ1n) is 4.32. The maximum Gasteiger partial charge on any atom is 0.132 e. The van der Waals surface area contributed by atoms with Crippen molar-refractivity contribution in [2.24, 2.45) is 0 Å². The maximum absolute atomic E-state index is 4.30. The van der Waals surface area contributed by atoms with Crippen molar-refractivity contribution in [2.75, 3.05) is 12.4 Å². The summed E-state index contributed by atoms with van der Waals surface area (Å²) in [7, 11) is 1.89. The monoisotopic (exact) mass is 163 g/mol. The van der Waals surface area contributed by atoms with E-state index < -0.39 is 0 Å². The van der Waals surface area contributed by atoms with Crippen LogP contribution in [0.15, 0.2) is 6.33 Å². The fourth-order valence-electron chi connectivity index (χ4n) is 1.48. The summed E-state index contributed by atoms with van der Waals surface area (Å²) >= 11 is 0. The average Bonchev–Trinajstić information content (AvgIpc) is 2.88. The molecule has 3 nitrogen and oxygen atoms in total. The summed E-state index contributed by atoms with van der Waals surface area (Å²) in [6.07, 6.45) is 4.23. The number of rotatable bonds is 2. The normalized spacial score (nSPS) is 16.2. The predicted molar refractivity (Wildman–Crippen MR) is 48.3 cm³/mol. The Morgan fingerprint density at radius 3 is 2.75 bits per heavy atom. The summed E-state index contributed by atoms with van der Waals surface area (Å²) in [4.78, 5) is 8.44. The Labute approximate surface area is 72.2 Å². The number of hydrogen-bond donors (Lipinski definition) is 1. The minimum Gasteiger partial charge on any atom is -0.373 e. The molecule has 1 aliphatic rings. The minimum absolute atomic E-state index is 0.708. The maximum atomic E-state index is 4.30. The van der Waals surface area contributed by atoms with Crippen LogP contribution in [0.3, 0.4) is 0 Å². The second-order valence-corrected chi connectivity index (χ2v) is 3.26. The first-order valence-corrected chi connectivity index (χ1v) is 4.32. The molecule has 1 heterocycles. The van der Waals surface area contributed by atoms with Crippen LogP contribution < -0.4 is 5.32 Å². The third-order valence-corrected chi connectivity index (χ3v) is 2.32. The fraction of sp³-hybridized carbons (Fsp3) is 0.556. The summed E-state index contributed by atoms with van der Waals surface area (Å²) in [6, 6.07) is 0. The van der Waals surface area contributed by atoms with Gasteiger partial charge in [-0.1, -0.05) is 0 Å². The van der Waals surface area contributed by atoms with Crippen molar-refractivity contribution in [3.8, 4) is 0 Å². The van der Waals surface area contributed by atoms with Crippen molar-refractivity contribution in [2.45, 2.75) is 25.7 Å². The fourth-order valence-corrected chi connectivity index (χ4v) is 1.48. The highest BCUT2D eigenvalue weighted by atomic mass is 15.0. The zero-order valence-corrected chi connectivity index (χ0v) is 7.46. The molecule has 2 rings (SSSR count). The van der Waals surface area contributed by atoms with Gasteiger partial charge in [0, 0.05) is 18.5 Å². The van der Waals surface area contributed by atoms with Crippen molar-refractivity contribution >= 4 is 5.82 Å². The van der Waals surface area contributed by atoms with Crippen LogP contribution in [0.4, 0.5) is 5.82 Å². The number of nitrogens with zero attached hydrogens (tertiary/aromatic N) is 2. The van der Waals surface area contributed by atoms with E-state index in [0.29, 0.717) is 5.92 Å². The molecule has 0 aromatic carbocycles. The van der Waals surface area contributed by atoms with Gasteiger partial charge in [0.1, 0.15) is 12.1 Å². The van der Waals surface area contributed by atoms with Gasteiger partial charge in [0.15, 0.2) is 0 Å². The van der Waals surface area contributed by atoms with Crippen molar-refractivity contribution < 1.29 is 0 Å². The molecule has 0 bridgehead atoms. The highest BCUT2D eigenvalue weighted by Gasteiger charge is 2.27. The largest absolute Gasteiger partial charge is 0.373 e. The smallest absolute Gasteiger partial charge is 0.132 e. The topological polar surface area (TPSA) is 37.8 Å². The Morgan fingerprint density at radius 2 is 2.17 bits per heavy atom. The lowest BCUT2D eigenvalue weighted by Crippen LogP contribution is -2.00. The van der Waals surface area contributed by atoms with Gasteiger partial charge in [0.2, 0.25) is 0 Å². The first-order chi connectivity index (χ1) is 5.83. The summed E-state index contributed by atoms with van der Waals surface area (Å²) < 4.78 is 0. The van der Waals surface area contributed by atoms with Crippen molar-refractivity contribution in [1.82, 2.24) is 9.97 Å². The van der Waals surface area contributed by atoms with E-state index in [9.17, 15) is 0 Å². The minimum atomic E-state index is 0.708. The molecule has 0 radical (unpaired) electrons. The van der Waals surface area contributed by atoms with Crippen LogP contribution in [0.2, 0.25) is 0 Å². The van der Waals surface area contributed by atoms with E-state index in [4.69, 9.17) is 0 Å². The van der Waals surface area contributed by atoms with Gasteiger partial charge in [-0.15, -0.1) is 0 Å². The van der Waals surface area contributed by atoms with Crippen molar-refractivity contribution in [3.63, 3.8) is 0 Å². The molecule has 1 fully saturated rings. The highest BCUT2D eigenvalue weighted by molar-refractivity contribution is 5.46. The van der Waals surface area contributed by atoms with Gasteiger partial charge >= 0.3 is 0 Å². The van der Waals surface area contributed by atoms with Gasteiger partial charge in [0.05, 0.1) is 5.69 Å². The van der Waals surface area contributed by atoms with Crippen LogP contribution >= 0.6 is 0 Å². The van der Waals surface area contributed by atoms with E-state index >= 15 is 0 Å². The third kappa shape index (κ3) is 1.15. The molecule has 12 heavy (non-hydrogen) atoms. The van der Waals surface area contributed by atoms with Crippen LogP contribution in [0.5, 0.6) is 0 Å². The zero-order valence-electron chi connectivity index (χ0n) is 7.46. The SMILES string of the molecule is CNc1ncnc(C2CC2)c1C. The molecule has 1 N–H and O–H groups in total. The van der Waals surface area contributed by atoms with Crippen LogP contribution in [0.1, 0.15) is 30.0 Å². The summed E-state index contributed by atoms with van der Waals surface area (Å²) in [5.74, 6) is 1.67. The van der Waals surface area contributed by atoms with E-state index in [-0.39, 0.29) is 0 Å². The Bertz CT molecular complexity index is 292. The average molecular weight is 163 g/mol. The van der Waals surface area contributed by atoms with Gasteiger partial charge in [-0.2, -0.15) is 0 Å². The van der Waals surface area contributed by atoms with Gasteiger partial charge in [-0.05, 0) is 19.8 Å². The Morgan fingerprint density at radius 1 is 1.42 bits per heavy atom. The molecule has 0 spiro atoms. The molecule has 1 saturated carbocycles. The van der Waals surface area contributed by atoms with Gasteiger partial charge in [-0.25, -0.2) is 9.97 Å². The lowest BCUT2D eigenvalue weighted by atomic mass is 10.1. The van der Waals surface area contributed by atoms with E-state index in [1.54, 1.807) is 6.33 Å². The number of hydrogen-bond acceptors (Lipinski definition) is 3. The third-order valence-electron chi connectivity index (χ3n) is 2.32. The van der Waals surface area contributed by atoms with Crippen LogP contribution in [0, 0.1) is 6.92 Å². The summed E-state index contributed by atoms with van der Waals surface area (Å²) in [6.45, 7) is 2.08. The molecule has 0 unspecified atom stereocenters. The Kier molecular flexibility index (Phi) is 1.71. The molecule has 1 aromatic rings. The summed E-state index contributed by atoms with van der Waals surface area (Å²) in [5, 5.41) is 3.07. The number of aromatic nitrogens is 2. The molecule has 0 saturated heterocycles. The molecular formula is C9H13N3. The zero-order chi connectivity index (χ0) is 8.55.